The highest BCUT2D eigenvalue weighted by Gasteiger charge is 2.34. The summed E-state index contributed by atoms with van der Waals surface area (Å²) >= 11 is 5.97. The molecule has 114 valence electrons. The number of fused-ring (bicyclic) bond motifs is 1. The van der Waals surface area contributed by atoms with Gasteiger partial charge in [-0.1, -0.05) is 19.8 Å². The molecule has 2 nitrogen and oxygen atoms in total. The van der Waals surface area contributed by atoms with E-state index in [1.165, 1.54) is 18.9 Å². The minimum Gasteiger partial charge on any atom is -0.324 e. The Bertz CT molecular complexity index is 660. The van der Waals surface area contributed by atoms with Crippen molar-refractivity contribution in [3.63, 3.8) is 0 Å². The number of rotatable bonds is 4. The van der Waals surface area contributed by atoms with E-state index >= 15 is 0 Å². The topological polar surface area (TPSA) is 17.8 Å². The van der Waals surface area contributed by atoms with E-state index in [2.05, 4.69) is 11.9 Å². The average Bonchev–Trinajstić information content (AvgIpc) is 3.09. The van der Waals surface area contributed by atoms with E-state index < -0.39 is 11.6 Å². The highest BCUT2D eigenvalue weighted by molar-refractivity contribution is 6.16. The van der Waals surface area contributed by atoms with Gasteiger partial charge in [0.15, 0.2) is 11.6 Å². The summed E-state index contributed by atoms with van der Waals surface area (Å²) in [7, 11) is 0. The largest absolute Gasteiger partial charge is 0.324 e. The molecule has 0 unspecified atom stereocenters. The van der Waals surface area contributed by atoms with Gasteiger partial charge in [-0.25, -0.2) is 13.8 Å². The van der Waals surface area contributed by atoms with Crippen LogP contribution in [0.5, 0.6) is 0 Å². The van der Waals surface area contributed by atoms with Gasteiger partial charge in [-0.3, -0.25) is 0 Å². The van der Waals surface area contributed by atoms with Crippen LogP contribution in [0.25, 0.3) is 11.0 Å². The lowest BCUT2D eigenvalue weighted by Gasteiger charge is -2.29. The summed E-state index contributed by atoms with van der Waals surface area (Å²) in [6.07, 6.45) is 5.69. The number of nitrogens with zero attached hydrogens (tertiary/aromatic N) is 2. The number of hydrogen-bond acceptors (Lipinski definition) is 1. The number of halogens is 3. The van der Waals surface area contributed by atoms with E-state index in [-0.39, 0.29) is 16.8 Å². The molecule has 1 saturated carbocycles. The van der Waals surface area contributed by atoms with E-state index in [0.29, 0.717) is 17.9 Å². The van der Waals surface area contributed by atoms with Crippen molar-refractivity contribution in [1.82, 2.24) is 9.55 Å². The summed E-state index contributed by atoms with van der Waals surface area (Å²) < 4.78 is 29.6. The predicted molar refractivity (Wildman–Crippen MR) is 80.4 cm³/mol. The zero-order valence-electron chi connectivity index (χ0n) is 12.1. The lowest BCUT2D eigenvalue weighted by Crippen LogP contribution is -2.24. The first-order valence-corrected chi connectivity index (χ1v) is 8.03. The number of hydrogen-bond donors (Lipinski definition) is 0. The molecule has 1 heterocycles. The fourth-order valence-corrected chi connectivity index (χ4v) is 3.77. The maximum absolute atomic E-state index is 14.2. The number of alkyl halides is 1. The molecule has 0 radical (unpaired) electrons. The summed E-state index contributed by atoms with van der Waals surface area (Å²) in [5, 5.41) is 0. The summed E-state index contributed by atoms with van der Waals surface area (Å²) in [4.78, 5) is 4.36. The van der Waals surface area contributed by atoms with Crippen LogP contribution in [-0.2, 0) is 12.4 Å². The molecule has 0 amide bonds. The fourth-order valence-electron chi connectivity index (χ4n) is 3.56. The molecular weight excluding hydrogens is 294 g/mol. The molecule has 1 aromatic carbocycles. The smallest absolute Gasteiger partial charge is 0.184 e. The third-order valence-corrected chi connectivity index (χ3v) is 5.15. The lowest BCUT2D eigenvalue weighted by molar-refractivity contribution is 0.237. The molecule has 1 aliphatic carbocycles. The van der Waals surface area contributed by atoms with Crippen molar-refractivity contribution in [2.75, 3.05) is 0 Å². The Morgan fingerprint density at radius 1 is 1.29 bits per heavy atom. The highest BCUT2D eigenvalue weighted by atomic mass is 35.5. The molecule has 21 heavy (non-hydrogen) atoms. The van der Waals surface area contributed by atoms with Crippen LogP contribution >= 0.6 is 11.6 Å². The minimum atomic E-state index is -0.832. The molecule has 1 fully saturated rings. The molecule has 0 saturated heterocycles. The zero-order chi connectivity index (χ0) is 15.0. The predicted octanol–water partition coefficient (Wildman–Crippen LogP) is 5.02. The molecule has 1 aromatic heterocycles. The average molecular weight is 313 g/mol. The monoisotopic (exact) mass is 312 g/mol. The highest BCUT2D eigenvalue weighted by Crippen LogP contribution is 2.43. The Morgan fingerprint density at radius 2 is 2.00 bits per heavy atom. The normalized spacial score (nSPS) is 17.7. The quantitative estimate of drug-likeness (QED) is 0.724. The van der Waals surface area contributed by atoms with E-state index in [0.717, 1.165) is 25.3 Å². The van der Waals surface area contributed by atoms with Gasteiger partial charge in [0.2, 0.25) is 0 Å². The SMILES string of the molecule is CCC1(Cn2c(CCl)nc3ccc(F)c(F)c32)CCCC1. The van der Waals surface area contributed by atoms with Gasteiger partial charge in [-0.05, 0) is 36.8 Å². The van der Waals surface area contributed by atoms with Crippen LogP contribution in [0, 0.1) is 17.0 Å². The Hall–Kier alpha value is -1.16. The van der Waals surface area contributed by atoms with Crippen molar-refractivity contribution in [3.8, 4) is 0 Å². The minimum absolute atomic E-state index is 0.160. The number of imidazole rings is 1. The maximum Gasteiger partial charge on any atom is 0.184 e. The first kappa shape index (κ1) is 14.8. The lowest BCUT2D eigenvalue weighted by atomic mass is 9.83. The van der Waals surface area contributed by atoms with Crippen molar-refractivity contribution in [2.24, 2.45) is 5.41 Å². The van der Waals surface area contributed by atoms with Gasteiger partial charge in [0.05, 0.1) is 11.4 Å². The van der Waals surface area contributed by atoms with Gasteiger partial charge < -0.3 is 4.57 Å². The standard InChI is InChI=1S/C16H19ClF2N2/c1-2-16(7-3-4-8-16)10-21-13(9-17)20-12-6-5-11(18)14(19)15(12)21/h5-6H,2-4,7-10H2,1H3. The molecular formula is C16H19ClF2N2. The number of aromatic nitrogens is 2. The Morgan fingerprint density at radius 3 is 2.62 bits per heavy atom. The van der Waals surface area contributed by atoms with Crippen molar-refractivity contribution >= 4 is 22.6 Å². The summed E-state index contributed by atoms with van der Waals surface area (Å²) in [5.41, 5.74) is 0.895. The van der Waals surface area contributed by atoms with E-state index in [1.807, 2.05) is 0 Å². The molecule has 1 aliphatic rings. The summed E-state index contributed by atoms with van der Waals surface area (Å²) in [6.45, 7) is 2.84. The molecule has 2 aromatic rings. The van der Waals surface area contributed by atoms with Crippen LogP contribution in [0.3, 0.4) is 0 Å². The van der Waals surface area contributed by atoms with Crippen molar-refractivity contribution in [1.29, 1.82) is 0 Å². The van der Waals surface area contributed by atoms with Gasteiger partial charge >= 0.3 is 0 Å². The van der Waals surface area contributed by atoms with Crippen molar-refractivity contribution in [3.05, 3.63) is 29.6 Å². The second-order valence-corrected chi connectivity index (χ2v) is 6.30. The molecule has 5 heteroatoms. The van der Waals surface area contributed by atoms with Gasteiger partial charge in [0.25, 0.3) is 0 Å². The van der Waals surface area contributed by atoms with E-state index in [4.69, 9.17) is 11.6 Å². The van der Waals surface area contributed by atoms with E-state index in [1.54, 1.807) is 4.57 Å². The molecule has 3 rings (SSSR count). The number of benzene rings is 1. The van der Waals surface area contributed by atoms with Crippen LogP contribution < -0.4 is 0 Å². The van der Waals surface area contributed by atoms with Crippen LogP contribution in [-0.4, -0.2) is 9.55 Å². The van der Waals surface area contributed by atoms with E-state index in [9.17, 15) is 8.78 Å². The van der Waals surface area contributed by atoms with Crippen molar-refractivity contribution < 1.29 is 8.78 Å². The third-order valence-electron chi connectivity index (χ3n) is 4.91. The van der Waals surface area contributed by atoms with Crippen LogP contribution in [0.2, 0.25) is 0 Å². The molecule has 0 spiro atoms. The van der Waals surface area contributed by atoms with Gasteiger partial charge in [0, 0.05) is 6.54 Å². The Kier molecular flexibility index (Phi) is 3.91. The first-order chi connectivity index (χ1) is 10.1. The van der Waals surface area contributed by atoms with Gasteiger partial charge in [-0.15, -0.1) is 11.6 Å². The van der Waals surface area contributed by atoms with Crippen LogP contribution in [0.15, 0.2) is 12.1 Å². The molecule has 0 atom stereocenters. The zero-order valence-corrected chi connectivity index (χ0v) is 12.9. The summed E-state index contributed by atoms with van der Waals surface area (Å²) in [5.74, 6) is -0.825. The Balaban J connectivity index is 2.13. The molecule has 0 N–H and O–H groups in total. The van der Waals surface area contributed by atoms with Crippen molar-refractivity contribution in [2.45, 2.75) is 51.5 Å². The summed E-state index contributed by atoms with van der Waals surface area (Å²) in [6, 6.07) is 2.64. The van der Waals surface area contributed by atoms with Gasteiger partial charge in [0.1, 0.15) is 11.3 Å². The maximum atomic E-state index is 14.2. The third kappa shape index (κ3) is 2.44. The van der Waals surface area contributed by atoms with Crippen LogP contribution in [0.1, 0.15) is 44.9 Å². The first-order valence-electron chi connectivity index (χ1n) is 7.49. The van der Waals surface area contributed by atoms with Gasteiger partial charge in [-0.2, -0.15) is 0 Å². The fraction of sp³-hybridized carbons (Fsp3) is 0.562. The second kappa shape index (κ2) is 5.56. The molecule has 0 bridgehead atoms. The Labute approximate surface area is 128 Å². The second-order valence-electron chi connectivity index (χ2n) is 6.04. The van der Waals surface area contributed by atoms with Crippen LogP contribution in [0.4, 0.5) is 8.78 Å². The molecule has 0 aliphatic heterocycles.